The monoisotopic (exact) mass is 320 g/mol. The van der Waals surface area contributed by atoms with Crippen LogP contribution in [0.4, 0.5) is 5.69 Å². The minimum atomic E-state index is -0.320. The first-order valence-corrected chi connectivity index (χ1v) is 5.72. The van der Waals surface area contributed by atoms with E-state index < -0.39 is 0 Å². The van der Waals surface area contributed by atoms with Crippen LogP contribution in [0.1, 0.15) is 12.5 Å². The molecule has 0 saturated carbocycles. The van der Waals surface area contributed by atoms with Crippen molar-refractivity contribution in [2.75, 3.05) is 7.05 Å². The lowest BCUT2D eigenvalue weighted by atomic mass is 10.1. The molecule has 0 amide bonds. The van der Waals surface area contributed by atoms with Gasteiger partial charge in [-0.15, -0.1) is 0 Å². The molecule has 0 aliphatic rings. The van der Waals surface area contributed by atoms with Crippen LogP contribution in [-0.4, -0.2) is 18.0 Å². The first-order valence-electron chi connectivity index (χ1n) is 4.64. The summed E-state index contributed by atoms with van der Waals surface area (Å²) in [6, 6.07) is 5.57. The standard InChI is InChI=1S/C10H13IN2O2/c1-7(12-2)5-8-3-4-9(11)6-10(8)13(14)15/h3-4,6-7,12H,5H2,1-2H3. The second-order valence-electron chi connectivity index (χ2n) is 3.42. The maximum Gasteiger partial charge on any atom is 0.273 e. The molecular weight excluding hydrogens is 307 g/mol. The quantitative estimate of drug-likeness (QED) is 0.526. The van der Waals surface area contributed by atoms with Crippen molar-refractivity contribution >= 4 is 28.3 Å². The molecule has 0 aliphatic carbocycles. The molecule has 1 aromatic carbocycles. The summed E-state index contributed by atoms with van der Waals surface area (Å²) in [5.74, 6) is 0. The van der Waals surface area contributed by atoms with E-state index in [-0.39, 0.29) is 16.7 Å². The van der Waals surface area contributed by atoms with Crippen LogP contribution >= 0.6 is 22.6 Å². The van der Waals surface area contributed by atoms with Crippen LogP contribution in [0.2, 0.25) is 0 Å². The average Bonchev–Trinajstić information content (AvgIpc) is 2.20. The summed E-state index contributed by atoms with van der Waals surface area (Å²) in [6.07, 6.45) is 0.670. The van der Waals surface area contributed by atoms with Gasteiger partial charge in [0.25, 0.3) is 5.69 Å². The van der Waals surface area contributed by atoms with Gasteiger partial charge in [0, 0.05) is 21.2 Å². The first-order chi connectivity index (χ1) is 7.04. The molecule has 4 nitrogen and oxygen atoms in total. The van der Waals surface area contributed by atoms with E-state index in [1.807, 2.05) is 26.1 Å². The molecule has 0 radical (unpaired) electrons. The number of nitrogens with one attached hydrogen (secondary N) is 1. The topological polar surface area (TPSA) is 55.2 Å². The lowest BCUT2D eigenvalue weighted by Gasteiger charge is -2.10. The molecule has 0 heterocycles. The average molecular weight is 320 g/mol. The van der Waals surface area contributed by atoms with Crippen molar-refractivity contribution in [3.05, 3.63) is 37.4 Å². The summed E-state index contributed by atoms with van der Waals surface area (Å²) in [6.45, 7) is 2.00. The molecule has 1 aromatic rings. The maximum atomic E-state index is 10.8. The van der Waals surface area contributed by atoms with Gasteiger partial charge >= 0.3 is 0 Å². The highest BCUT2D eigenvalue weighted by Crippen LogP contribution is 2.22. The van der Waals surface area contributed by atoms with Gasteiger partial charge in [-0.25, -0.2) is 0 Å². The third-order valence-corrected chi connectivity index (χ3v) is 2.93. The third kappa shape index (κ3) is 3.42. The predicted molar refractivity (Wildman–Crippen MR) is 68.0 cm³/mol. The van der Waals surface area contributed by atoms with E-state index in [1.54, 1.807) is 6.07 Å². The second-order valence-corrected chi connectivity index (χ2v) is 4.67. The van der Waals surface area contributed by atoms with E-state index in [2.05, 4.69) is 27.9 Å². The Kier molecular flexibility index (Phi) is 4.46. The number of hydrogen-bond donors (Lipinski definition) is 1. The Hall–Kier alpha value is -0.690. The van der Waals surface area contributed by atoms with Crippen LogP contribution in [0.15, 0.2) is 18.2 Å². The SMILES string of the molecule is CNC(C)Cc1ccc(I)cc1[N+](=O)[O-]. The normalized spacial score (nSPS) is 12.5. The highest BCUT2D eigenvalue weighted by molar-refractivity contribution is 14.1. The number of benzene rings is 1. The number of halogens is 1. The summed E-state index contributed by atoms with van der Waals surface area (Å²) in [4.78, 5) is 10.5. The molecule has 0 aliphatic heterocycles. The van der Waals surface area contributed by atoms with E-state index >= 15 is 0 Å². The van der Waals surface area contributed by atoms with Crippen LogP contribution in [0.3, 0.4) is 0 Å². The van der Waals surface area contributed by atoms with E-state index in [4.69, 9.17) is 0 Å². The Bertz CT molecular complexity index is 368. The number of nitro groups is 1. The van der Waals surface area contributed by atoms with Crippen molar-refractivity contribution in [1.82, 2.24) is 5.32 Å². The van der Waals surface area contributed by atoms with Gasteiger partial charge in [0.05, 0.1) is 4.92 Å². The van der Waals surface area contributed by atoms with Gasteiger partial charge in [0.2, 0.25) is 0 Å². The number of likely N-dealkylation sites (N-methyl/N-ethyl adjacent to an activating group) is 1. The zero-order chi connectivity index (χ0) is 11.4. The van der Waals surface area contributed by atoms with Crippen molar-refractivity contribution in [2.45, 2.75) is 19.4 Å². The zero-order valence-corrected chi connectivity index (χ0v) is 10.8. The molecule has 0 fully saturated rings. The van der Waals surface area contributed by atoms with Gasteiger partial charge in [-0.1, -0.05) is 6.07 Å². The summed E-state index contributed by atoms with van der Waals surface area (Å²) in [7, 11) is 1.85. The molecule has 82 valence electrons. The van der Waals surface area contributed by atoms with Crippen molar-refractivity contribution < 1.29 is 4.92 Å². The Labute approximate surface area is 102 Å². The van der Waals surface area contributed by atoms with Crippen LogP contribution in [0.25, 0.3) is 0 Å². The second kappa shape index (κ2) is 5.41. The fraction of sp³-hybridized carbons (Fsp3) is 0.400. The Balaban J connectivity index is 3.01. The smallest absolute Gasteiger partial charge is 0.273 e. The third-order valence-electron chi connectivity index (χ3n) is 2.26. The Morgan fingerprint density at radius 3 is 2.80 bits per heavy atom. The summed E-state index contributed by atoms with van der Waals surface area (Å²) >= 11 is 2.08. The minimum absolute atomic E-state index is 0.212. The van der Waals surface area contributed by atoms with E-state index in [0.717, 1.165) is 9.13 Å². The van der Waals surface area contributed by atoms with Crippen molar-refractivity contribution in [3.63, 3.8) is 0 Å². The number of rotatable bonds is 4. The lowest BCUT2D eigenvalue weighted by Crippen LogP contribution is -2.23. The van der Waals surface area contributed by atoms with E-state index in [0.29, 0.717) is 6.42 Å². The van der Waals surface area contributed by atoms with Crippen LogP contribution in [0.5, 0.6) is 0 Å². The van der Waals surface area contributed by atoms with Gasteiger partial charge in [-0.05, 0) is 49.0 Å². The minimum Gasteiger partial charge on any atom is -0.317 e. The van der Waals surface area contributed by atoms with Gasteiger partial charge in [-0.3, -0.25) is 10.1 Å². The summed E-state index contributed by atoms with van der Waals surface area (Å²) < 4.78 is 0.889. The number of hydrogen-bond acceptors (Lipinski definition) is 3. The fourth-order valence-electron chi connectivity index (χ4n) is 1.31. The van der Waals surface area contributed by atoms with Gasteiger partial charge < -0.3 is 5.32 Å². The maximum absolute atomic E-state index is 10.8. The van der Waals surface area contributed by atoms with Gasteiger partial charge in [0.15, 0.2) is 0 Å². The molecule has 0 spiro atoms. The fourth-order valence-corrected chi connectivity index (χ4v) is 1.79. The molecule has 1 unspecified atom stereocenters. The van der Waals surface area contributed by atoms with Gasteiger partial charge in [-0.2, -0.15) is 0 Å². The molecule has 0 aromatic heterocycles. The first kappa shape index (κ1) is 12.4. The van der Waals surface area contributed by atoms with Crippen molar-refractivity contribution in [3.8, 4) is 0 Å². The summed E-state index contributed by atoms with van der Waals surface area (Å²) in [5, 5.41) is 13.9. The molecule has 15 heavy (non-hydrogen) atoms. The molecule has 1 atom stereocenters. The highest BCUT2D eigenvalue weighted by atomic mass is 127. The molecule has 0 saturated heterocycles. The van der Waals surface area contributed by atoms with Crippen LogP contribution < -0.4 is 5.32 Å². The highest BCUT2D eigenvalue weighted by Gasteiger charge is 2.15. The molecule has 1 rings (SSSR count). The lowest BCUT2D eigenvalue weighted by molar-refractivity contribution is -0.385. The van der Waals surface area contributed by atoms with Crippen LogP contribution in [0, 0.1) is 13.7 Å². The largest absolute Gasteiger partial charge is 0.317 e. The van der Waals surface area contributed by atoms with Crippen LogP contribution in [-0.2, 0) is 6.42 Å². The van der Waals surface area contributed by atoms with Gasteiger partial charge in [0.1, 0.15) is 0 Å². The molecule has 1 N–H and O–H groups in total. The molecular formula is C10H13IN2O2. The van der Waals surface area contributed by atoms with Crippen molar-refractivity contribution in [2.24, 2.45) is 0 Å². The molecule has 0 bridgehead atoms. The number of nitro benzene ring substituents is 1. The predicted octanol–water partition coefficient (Wildman–Crippen LogP) is 2.35. The Morgan fingerprint density at radius 1 is 1.60 bits per heavy atom. The van der Waals surface area contributed by atoms with E-state index in [1.165, 1.54) is 0 Å². The molecule has 5 heteroatoms. The van der Waals surface area contributed by atoms with E-state index in [9.17, 15) is 10.1 Å². The van der Waals surface area contributed by atoms with Crippen molar-refractivity contribution in [1.29, 1.82) is 0 Å². The summed E-state index contributed by atoms with van der Waals surface area (Å²) in [5.41, 5.74) is 0.992. The number of nitrogens with zero attached hydrogens (tertiary/aromatic N) is 1. The zero-order valence-electron chi connectivity index (χ0n) is 8.66. The Morgan fingerprint density at radius 2 is 2.27 bits per heavy atom.